The first-order valence-corrected chi connectivity index (χ1v) is 8.68. The second kappa shape index (κ2) is 5.27. The lowest BCUT2D eigenvalue weighted by atomic mass is 9.75. The van der Waals surface area contributed by atoms with Gasteiger partial charge < -0.3 is 0 Å². The molecule has 0 aromatic heterocycles. The molecule has 0 saturated heterocycles. The second-order valence-corrected chi connectivity index (χ2v) is 7.98. The molecule has 0 N–H and O–H groups in total. The predicted octanol–water partition coefficient (Wildman–Crippen LogP) is 5.05. The van der Waals surface area contributed by atoms with Gasteiger partial charge in [-0.1, -0.05) is 56.4 Å². The molecule has 0 aliphatic heterocycles. The van der Waals surface area contributed by atoms with E-state index in [0.29, 0.717) is 5.41 Å². The molecular weight excluding hydrogens is 223 g/mol. The van der Waals surface area contributed by atoms with Gasteiger partial charge in [0.2, 0.25) is 0 Å². The van der Waals surface area contributed by atoms with Crippen LogP contribution in [0.5, 0.6) is 0 Å². The Morgan fingerprint density at radius 3 is 2.29 bits per heavy atom. The maximum atomic E-state index is 2.52. The van der Waals surface area contributed by atoms with Crippen molar-refractivity contribution in [2.24, 2.45) is 5.41 Å². The summed E-state index contributed by atoms with van der Waals surface area (Å²) in [6, 6.07) is 0. The number of rotatable bonds is 2. The standard InChI is InChI=1S/C16H25P/c1-2-8-14(9-3-1)17-15-10-4-5-11-16(15)12-6-7-13-16/h6-7,12-15,17H,1-5,8-11H2. The van der Waals surface area contributed by atoms with Crippen molar-refractivity contribution in [3.8, 4) is 0 Å². The van der Waals surface area contributed by atoms with Crippen molar-refractivity contribution in [3.05, 3.63) is 24.3 Å². The van der Waals surface area contributed by atoms with Crippen molar-refractivity contribution >= 4 is 8.58 Å². The Labute approximate surface area is 108 Å². The molecule has 3 rings (SSSR count). The molecule has 1 heteroatoms. The third kappa shape index (κ3) is 2.53. The smallest absolute Gasteiger partial charge is 0.0132 e. The molecular formula is C16H25P. The first kappa shape index (κ1) is 12.0. The molecule has 0 aromatic rings. The van der Waals surface area contributed by atoms with Crippen LogP contribution in [0.2, 0.25) is 0 Å². The van der Waals surface area contributed by atoms with E-state index in [1.165, 1.54) is 66.4 Å². The van der Waals surface area contributed by atoms with Gasteiger partial charge in [0, 0.05) is 5.41 Å². The zero-order valence-corrected chi connectivity index (χ0v) is 11.8. The lowest BCUT2D eigenvalue weighted by molar-refractivity contribution is 0.337. The first-order chi connectivity index (χ1) is 8.39. The Morgan fingerprint density at radius 2 is 1.53 bits per heavy atom. The molecule has 0 heterocycles. The van der Waals surface area contributed by atoms with E-state index in [-0.39, 0.29) is 0 Å². The van der Waals surface area contributed by atoms with Crippen molar-refractivity contribution < 1.29 is 0 Å². The van der Waals surface area contributed by atoms with Gasteiger partial charge in [0.15, 0.2) is 0 Å². The monoisotopic (exact) mass is 248 g/mol. The van der Waals surface area contributed by atoms with Gasteiger partial charge in [-0.15, -0.1) is 8.58 Å². The topological polar surface area (TPSA) is 0 Å². The molecule has 2 unspecified atom stereocenters. The summed E-state index contributed by atoms with van der Waals surface area (Å²) in [6.45, 7) is 0. The molecule has 1 spiro atoms. The van der Waals surface area contributed by atoms with E-state index in [2.05, 4.69) is 24.3 Å². The summed E-state index contributed by atoms with van der Waals surface area (Å²) in [5.74, 6) is 0. The van der Waals surface area contributed by atoms with E-state index in [1.807, 2.05) is 0 Å². The fraction of sp³-hybridized carbons (Fsp3) is 0.750. The average Bonchev–Trinajstić information content (AvgIpc) is 2.83. The quantitative estimate of drug-likeness (QED) is 0.600. The van der Waals surface area contributed by atoms with Crippen LogP contribution in [0.15, 0.2) is 24.3 Å². The zero-order valence-electron chi connectivity index (χ0n) is 10.8. The fourth-order valence-electron chi connectivity index (χ4n) is 3.94. The van der Waals surface area contributed by atoms with E-state index in [9.17, 15) is 0 Å². The predicted molar refractivity (Wildman–Crippen MR) is 78.2 cm³/mol. The summed E-state index contributed by atoms with van der Waals surface area (Å²) in [5.41, 5.74) is 2.55. The zero-order chi connectivity index (χ0) is 11.6. The van der Waals surface area contributed by atoms with Gasteiger partial charge in [0.05, 0.1) is 0 Å². The molecule has 94 valence electrons. The average molecular weight is 248 g/mol. The van der Waals surface area contributed by atoms with Gasteiger partial charge in [-0.05, 0) is 37.0 Å². The third-order valence-electron chi connectivity index (χ3n) is 4.97. The van der Waals surface area contributed by atoms with Gasteiger partial charge in [0.1, 0.15) is 0 Å². The largest absolute Gasteiger partial charge is 0.114 e. The maximum Gasteiger partial charge on any atom is 0.0132 e. The highest BCUT2D eigenvalue weighted by Crippen LogP contribution is 2.52. The highest BCUT2D eigenvalue weighted by Gasteiger charge is 2.38. The first-order valence-electron chi connectivity index (χ1n) is 7.52. The minimum atomic E-state index is 0.494. The maximum absolute atomic E-state index is 2.52. The molecule has 0 radical (unpaired) electrons. The Bertz CT molecular complexity index is 297. The van der Waals surface area contributed by atoms with Crippen LogP contribution < -0.4 is 0 Å². The summed E-state index contributed by atoms with van der Waals surface area (Å²) in [6.07, 6.45) is 23.0. The summed E-state index contributed by atoms with van der Waals surface area (Å²) >= 11 is 0. The van der Waals surface area contributed by atoms with Crippen LogP contribution in [-0.4, -0.2) is 11.3 Å². The van der Waals surface area contributed by atoms with E-state index in [0.717, 1.165) is 11.3 Å². The van der Waals surface area contributed by atoms with E-state index < -0.39 is 0 Å². The normalized spacial score (nSPS) is 33.1. The number of hydrogen-bond donors (Lipinski definition) is 0. The van der Waals surface area contributed by atoms with Gasteiger partial charge in [-0.3, -0.25) is 0 Å². The van der Waals surface area contributed by atoms with Crippen molar-refractivity contribution in [2.45, 2.75) is 69.1 Å². The second-order valence-electron chi connectivity index (χ2n) is 6.13. The van der Waals surface area contributed by atoms with Crippen LogP contribution in [0.25, 0.3) is 0 Å². The minimum absolute atomic E-state index is 0.494. The molecule has 2 saturated carbocycles. The van der Waals surface area contributed by atoms with Gasteiger partial charge >= 0.3 is 0 Å². The van der Waals surface area contributed by atoms with Crippen LogP contribution in [0, 0.1) is 5.41 Å². The molecule has 3 aliphatic rings. The van der Waals surface area contributed by atoms with Crippen molar-refractivity contribution in [1.82, 2.24) is 0 Å². The highest BCUT2D eigenvalue weighted by atomic mass is 31.1. The molecule has 0 amide bonds. The van der Waals surface area contributed by atoms with Crippen molar-refractivity contribution in [1.29, 1.82) is 0 Å². The van der Waals surface area contributed by atoms with Gasteiger partial charge in [0.25, 0.3) is 0 Å². The summed E-state index contributed by atoms with van der Waals surface area (Å²) < 4.78 is 0. The van der Waals surface area contributed by atoms with E-state index >= 15 is 0 Å². The molecule has 0 nitrogen and oxygen atoms in total. The molecule has 2 atom stereocenters. The van der Waals surface area contributed by atoms with Crippen LogP contribution in [0.4, 0.5) is 0 Å². The molecule has 0 aromatic carbocycles. The minimum Gasteiger partial charge on any atom is -0.114 e. The number of allylic oxidation sites excluding steroid dienone is 4. The van der Waals surface area contributed by atoms with Crippen LogP contribution >= 0.6 is 8.58 Å². The fourth-order valence-corrected chi connectivity index (χ4v) is 6.27. The third-order valence-corrected chi connectivity index (χ3v) is 7.24. The Morgan fingerprint density at radius 1 is 0.824 bits per heavy atom. The summed E-state index contributed by atoms with van der Waals surface area (Å²) in [7, 11) is 1.23. The lowest BCUT2D eigenvalue weighted by Crippen LogP contribution is -2.32. The Balaban J connectivity index is 1.67. The molecule has 2 fully saturated rings. The Kier molecular flexibility index (Phi) is 3.71. The van der Waals surface area contributed by atoms with Gasteiger partial charge in [-0.2, -0.15) is 0 Å². The SMILES string of the molecule is C1=CC2(C=C1)CCCCC2PC1CCCCC1. The lowest BCUT2D eigenvalue weighted by Gasteiger charge is -2.41. The molecule has 3 aliphatic carbocycles. The highest BCUT2D eigenvalue weighted by molar-refractivity contribution is 7.39. The molecule has 0 bridgehead atoms. The van der Waals surface area contributed by atoms with Crippen molar-refractivity contribution in [2.75, 3.05) is 0 Å². The summed E-state index contributed by atoms with van der Waals surface area (Å²) in [5, 5.41) is 0. The van der Waals surface area contributed by atoms with Gasteiger partial charge in [-0.25, -0.2) is 0 Å². The number of hydrogen-bond acceptors (Lipinski definition) is 0. The van der Waals surface area contributed by atoms with Crippen LogP contribution in [0.1, 0.15) is 57.8 Å². The van der Waals surface area contributed by atoms with Crippen LogP contribution in [-0.2, 0) is 0 Å². The summed E-state index contributed by atoms with van der Waals surface area (Å²) in [4.78, 5) is 0. The molecule has 17 heavy (non-hydrogen) atoms. The Hall–Kier alpha value is -0.0900. The van der Waals surface area contributed by atoms with Crippen LogP contribution in [0.3, 0.4) is 0 Å². The van der Waals surface area contributed by atoms with E-state index in [1.54, 1.807) is 0 Å². The van der Waals surface area contributed by atoms with Crippen molar-refractivity contribution in [3.63, 3.8) is 0 Å². The van der Waals surface area contributed by atoms with E-state index in [4.69, 9.17) is 0 Å².